The molecule has 0 saturated heterocycles. The quantitative estimate of drug-likeness (QED) is 0.452. The number of fused-ring (bicyclic) bond motifs is 1. The van der Waals surface area contributed by atoms with Gasteiger partial charge in [0.15, 0.2) is 0 Å². The Bertz CT molecular complexity index is 764. The maximum Gasteiger partial charge on any atom is 0.144 e. The van der Waals surface area contributed by atoms with Gasteiger partial charge in [-0.2, -0.15) is 5.26 Å². The molecule has 0 heterocycles. The number of allylic oxidation sites excluding steroid dienone is 1. The van der Waals surface area contributed by atoms with Crippen molar-refractivity contribution < 1.29 is 8.78 Å². The van der Waals surface area contributed by atoms with E-state index in [1.165, 1.54) is 76.3 Å². The molecule has 0 radical (unpaired) electrons. The number of hydrogen-bond donors (Lipinski definition) is 0. The zero-order valence-corrected chi connectivity index (χ0v) is 18.1. The topological polar surface area (TPSA) is 23.8 Å². The van der Waals surface area contributed by atoms with Gasteiger partial charge in [-0.1, -0.05) is 12.5 Å². The maximum atomic E-state index is 14.0. The van der Waals surface area contributed by atoms with Crippen LogP contribution in [0.15, 0.2) is 24.8 Å². The van der Waals surface area contributed by atoms with Crippen LogP contribution in [0.1, 0.15) is 94.1 Å². The maximum absolute atomic E-state index is 14.0. The number of hydrogen-bond acceptors (Lipinski definition) is 1. The summed E-state index contributed by atoms with van der Waals surface area (Å²) in [6.45, 7) is 3.88. The van der Waals surface area contributed by atoms with E-state index in [1.54, 1.807) is 6.07 Å². The van der Waals surface area contributed by atoms with Gasteiger partial charge in [-0.05, 0) is 124 Å². The van der Waals surface area contributed by atoms with Crippen LogP contribution in [0.2, 0.25) is 0 Å². The second kappa shape index (κ2) is 9.63. The smallest absolute Gasteiger partial charge is 0.144 e. The Hall–Kier alpha value is -1.69. The molecule has 0 bridgehead atoms. The minimum atomic E-state index is -0.711. The largest absolute Gasteiger partial charge is 0.205 e. The molecule has 4 rings (SSSR count). The predicted octanol–water partition coefficient (Wildman–Crippen LogP) is 7.91. The third-order valence-corrected chi connectivity index (χ3v) is 8.63. The highest BCUT2D eigenvalue weighted by molar-refractivity contribution is 5.36. The van der Waals surface area contributed by atoms with E-state index in [-0.39, 0.29) is 5.92 Å². The van der Waals surface area contributed by atoms with Crippen molar-refractivity contribution in [1.82, 2.24) is 0 Å². The van der Waals surface area contributed by atoms with E-state index >= 15 is 0 Å². The van der Waals surface area contributed by atoms with Crippen LogP contribution >= 0.6 is 0 Å². The fraction of sp³-hybridized carbons (Fsp3) is 0.667. The zero-order valence-electron chi connectivity index (χ0n) is 18.1. The van der Waals surface area contributed by atoms with Crippen LogP contribution in [0.5, 0.6) is 0 Å². The SMILES string of the molecule is C=CCCC1CCC2CC(C3CCC(c4cc(F)c(C#N)c(F)c4)CC3)CCC2C1. The summed E-state index contributed by atoms with van der Waals surface area (Å²) in [5.41, 5.74) is 0.285. The lowest BCUT2D eigenvalue weighted by Gasteiger charge is -2.45. The lowest BCUT2D eigenvalue weighted by Crippen LogP contribution is -2.34. The first-order valence-electron chi connectivity index (χ1n) is 12.1. The molecule has 1 aromatic rings. The minimum absolute atomic E-state index is 0.231. The van der Waals surface area contributed by atoms with Crippen LogP contribution in [0.4, 0.5) is 8.78 Å². The number of halogens is 2. The molecule has 162 valence electrons. The average Bonchev–Trinajstić information content (AvgIpc) is 2.77. The summed E-state index contributed by atoms with van der Waals surface area (Å²) >= 11 is 0. The van der Waals surface area contributed by atoms with E-state index in [1.807, 2.05) is 0 Å². The van der Waals surface area contributed by atoms with Crippen molar-refractivity contribution in [2.24, 2.45) is 29.6 Å². The molecule has 0 N–H and O–H groups in total. The fourth-order valence-corrected chi connectivity index (χ4v) is 6.93. The molecular formula is C27H35F2N. The molecule has 3 saturated carbocycles. The van der Waals surface area contributed by atoms with Crippen molar-refractivity contribution >= 4 is 0 Å². The van der Waals surface area contributed by atoms with Gasteiger partial charge in [-0.3, -0.25) is 0 Å². The highest BCUT2D eigenvalue weighted by atomic mass is 19.1. The molecule has 3 aliphatic rings. The van der Waals surface area contributed by atoms with Crippen LogP contribution < -0.4 is 0 Å². The molecule has 4 unspecified atom stereocenters. The van der Waals surface area contributed by atoms with E-state index in [0.717, 1.165) is 48.0 Å². The van der Waals surface area contributed by atoms with Crippen molar-refractivity contribution in [2.45, 2.75) is 83.0 Å². The van der Waals surface area contributed by atoms with Gasteiger partial charge in [0.05, 0.1) is 0 Å². The van der Waals surface area contributed by atoms with Crippen LogP contribution in [0.25, 0.3) is 0 Å². The first kappa shape index (κ1) is 21.5. The van der Waals surface area contributed by atoms with E-state index < -0.39 is 17.2 Å². The van der Waals surface area contributed by atoms with E-state index in [9.17, 15) is 8.78 Å². The van der Waals surface area contributed by atoms with Crippen molar-refractivity contribution in [1.29, 1.82) is 5.26 Å². The molecule has 0 amide bonds. The Kier molecular flexibility index (Phi) is 6.91. The normalized spacial score (nSPS) is 34.0. The molecule has 0 aliphatic heterocycles. The summed E-state index contributed by atoms with van der Waals surface area (Å²) in [7, 11) is 0. The molecular weight excluding hydrogens is 376 g/mol. The van der Waals surface area contributed by atoms with Gasteiger partial charge < -0.3 is 0 Å². The Morgan fingerprint density at radius 1 is 0.867 bits per heavy atom. The van der Waals surface area contributed by atoms with Gasteiger partial charge in [-0.15, -0.1) is 6.58 Å². The summed E-state index contributed by atoms with van der Waals surface area (Å²) in [6.07, 6.45) is 17.4. The van der Waals surface area contributed by atoms with Gasteiger partial charge in [0.2, 0.25) is 0 Å². The van der Waals surface area contributed by atoms with Gasteiger partial charge >= 0.3 is 0 Å². The fourth-order valence-electron chi connectivity index (χ4n) is 6.93. The molecule has 3 aliphatic carbocycles. The van der Waals surface area contributed by atoms with Gasteiger partial charge in [-0.25, -0.2) is 8.78 Å². The molecule has 30 heavy (non-hydrogen) atoms. The van der Waals surface area contributed by atoms with Gasteiger partial charge in [0.1, 0.15) is 23.3 Å². The van der Waals surface area contributed by atoms with Crippen LogP contribution in [-0.4, -0.2) is 0 Å². The second-order valence-electron chi connectivity index (χ2n) is 10.2. The number of nitriles is 1. The molecule has 4 atom stereocenters. The third-order valence-electron chi connectivity index (χ3n) is 8.63. The average molecular weight is 412 g/mol. The second-order valence-corrected chi connectivity index (χ2v) is 10.2. The van der Waals surface area contributed by atoms with Gasteiger partial charge in [0, 0.05) is 0 Å². The first-order chi connectivity index (χ1) is 14.6. The Morgan fingerprint density at radius 3 is 2.07 bits per heavy atom. The summed E-state index contributed by atoms with van der Waals surface area (Å²) < 4.78 is 28.0. The zero-order chi connectivity index (χ0) is 21.1. The number of benzene rings is 1. The van der Waals surface area contributed by atoms with E-state index in [0.29, 0.717) is 0 Å². The lowest BCUT2D eigenvalue weighted by molar-refractivity contribution is 0.0621. The Labute approximate surface area is 180 Å². The summed E-state index contributed by atoms with van der Waals surface area (Å²) in [5.74, 6) is 3.25. The lowest BCUT2D eigenvalue weighted by atomic mass is 9.60. The van der Waals surface area contributed by atoms with E-state index in [2.05, 4.69) is 12.7 Å². The summed E-state index contributed by atoms with van der Waals surface area (Å²) in [5, 5.41) is 8.88. The summed E-state index contributed by atoms with van der Waals surface area (Å²) in [6, 6.07) is 4.41. The predicted molar refractivity (Wildman–Crippen MR) is 117 cm³/mol. The molecule has 3 heteroatoms. The van der Waals surface area contributed by atoms with Crippen LogP contribution in [0.3, 0.4) is 0 Å². The number of rotatable bonds is 5. The number of nitrogens with zero attached hydrogens (tertiary/aromatic N) is 1. The monoisotopic (exact) mass is 411 g/mol. The highest BCUT2D eigenvalue weighted by Crippen LogP contribution is 2.50. The summed E-state index contributed by atoms with van der Waals surface area (Å²) in [4.78, 5) is 0. The minimum Gasteiger partial charge on any atom is -0.205 e. The molecule has 3 fully saturated rings. The van der Waals surface area contributed by atoms with Crippen molar-refractivity contribution in [2.75, 3.05) is 0 Å². The highest BCUT2D eigenvalue weighted by Gasteiger charge is 2.38. The van der Waals surface area contributed by atoms with Crippen molar-refractivity contribution in [3.05, 3.63) is 47.5 Å². The van der Waals surface area contributed by atoms with E-state index in [4.69, 9.17) is 5.26 Å². The standard InChI is InChI=1S/C27H35F2N/c1-2-3-4-18-5-6-23-14-22(12-11-21(23)13-18)19-7-9-20(10-8-19)24-15-26(28)25(17-30)27(29)16-24/h2,15-16,18-23H,1,3-14H2. The van der Waals surface area contributed by atoms with Crippen LogP contribution in [0, 0.1) is 52.6 Å². The molecule has 1 nitrogen and oxygen atoms in total. The molecule has 1 aromatic carbocycles. The first-order valence-corrected chi connectivity index (χ1v) is 12.1. The molecule has 0 aromatic heterocycles. The van der Waals surface area contributed by atoms with Crippen LogP contribution in [-0.2, 0) is 0 Å². The van der Waals surface area contributed by atoms with Gasteiger partial charge in [0.25, 0.3) is 0 Å². The van der Waals surface area contributed by atoms with Crippen molar-refractivity contribution in [3.8, 4) is 6.07 Å². The Morgan fingerprint density at radius 2 is 1.43 bits per heavy atom. The third kappa shape index (κ3) is 4.63. The Balaban J connectivity index is 1.29. The molecule has 0 spiro atoms. The van der Waals surface area contributed by atoms with Crippen molar-refractivity contribution in [3.63, 3.8) is 0 Å².